The summed E-state index contributed by atoms with van der Waals surface area (Å²) in [6.07, 6.45) is 1.32. The number of rotatable bonds is 1. The van der Waals surface area contributed by atoms with E-state index in [0.717, 1.165) is 0 Å². The van der Waals surface area contributed by atoms with Gasteiger partial charge in [-0.15, -0.1) is 12.6 Å². The molecule has 2 atom stereocenters. The van der Waals surface area contributed by atoms with Crippen molar-refractivity contribution in [1.82, 2.24) is 0 Å². The SMILES string of the molecule is CC1(C)[C@@]2(C)CC[C@@]1(C(=O)S)OC2=O. The lowest BCUT2D eigenvalue weighted by atomic mass is 9.67. The maximum absolute atomic E-state index is 11.7. The Bertz CT molecular complexity index is 336. The third-order valence-corrected chi connectivity index (χ3v) is 4.79. The molecule has 1 heterocycles. The average molecular weight is 214 g/mol. The van der Waals surface area contributed by atoms with E-state index in [1.54, 1.807) is 0 Å². The van der Waals surface area contributed by atoms with Crippen LogP contribution in [0.5, 0.6) is 0 Å². The van der Waals surface area contributed by atoms with Gasteiger partial charge in [0.05, 0.1) is 5.41 Å². The smallest absolute Gasteiger partial charge is 0.313 e. The molecule has 0 N–H and O–H groups in total. The summed E-state index contributed by atoms with van der Waals surface area (Å²) in [6, 6.07) is 0. The Kier molecular flexibility index (Phi) is 1.68. The van der Waals surface area contributed by atoms with Crippen molar-refractivity contribution in [3.63, 3.8) is 0 Å². The summed E-state index contributed by atoms with van der Waals surface area (Å²) < 4.78 is 5.26. The molecule has 0 aromatic heterocycles. The van der Waals surface area contributed by atoms with Gasteiger partial charge in [0, 0.05) is 5.41 Å². The van der Waals surface area contributed by atoms with Gasteiger partial charge >= 0.3 is 5.97 Å². The molecule has 2 fully saturated rings. The number of carbonyl (C=O) groups is 2. The maximum Gasteiger partial charge on any atom is 0.313 e. The van der Waals surface area contributed by atoms with Crippen molar-refractivity contribution in [1.29, 1.82) is 0 Å². The van der Waals surface area contributed by atoms with E-state index in [-0.39, 0.29) is 11.1 Å². The summed E-state index contributed by atoms with van der Waals surface area (Å²) in [7, 11) is 0. The largest absolute Gasteiger partial charge is 0.449 e. The van der Waals surface area contributed by atoms with Gasteiger partial charge in [0.1, 0.15) is 0 Å². The van der Waals surface area contributed by atoms with Crippen LogP contribution in [0.25, 0.3) is 0 Å². The van der Waals surface area contributed by atoms with Crippen molar-refractivity contribution in [2.75, 3.05) is 0 Å². The molecule has 14 heavy (non-hydrogen) atoms. The first-order valence-corrected chi connectivity index (χ1v) is 5.19. The van der Waals surface area contributed by atoms with Crippen molar-refractivity contribution in [3.05, 3.63) is 0 Å². The molecule has 0 aromatic rings. The van der Waals surface area contributed by atoms with E-state index in [4.69, 9.17) is 4.74 Å². The lowest BCUT2D eigenvalue weighted by molar-refractivity contribution is -0.163. The van der Waals surface area contributed by atoms with E-state index >= 15 is 0 Å². The fraction of sp³-hybridized carbons (Fsp3) is 0.800. The Morgan fingerprint density at radius 1 is 1.36 bits per heavy atom. The molecular weight excluding hydrogens is 200 g/mol. The van der Waals surface area contributed by atoms with E-state index in [1.807, 2.05) is 20.8 Å². The van der Waals surface area contributed by atoms with Crippen LogP contribution in [0.15, 0.2) is 0 Å². The van der Waals surface area contributed by atoms with Crippen LogP contribution >= 0.6 is 12.6 Å². The number of thiol groups is 1. The van der Waals surface area contributed by atoms with Crippen LogP contribution in [0.4, 0.5) is 0 Å². The molecule has 1 saturated heterocycles. The zero-order valence-corrected chi connectivity index (χ0v) is 9.48. The average Bonchev–Trinajstić information content (AvgIpc) is 2.34. The third-order valence-electron chi connectivity index (χ3n) is 4.43. The van der Waals surface area contributed by atoms with Crippen LogP contribution in [-0.2, 0) is 14.3 Å². The minimum Gasteiger partial charge on any atom is -0.449 e. The molecule has 1 aliphatic heterocycles. The van der Waals surface area contributed by atoms with Gasteiger partial charge in [0.15, 0.2) is 5.60 Å². The van der Waals surface area contributed by atoms with Crippen LogP contribution in [-0.4, -0.2) is 16.7 Å². The zero-order chi connectivity index (χ0) is 10.8. The van der Waals surface area contributed by atoms with Crippen molar-refractivity contribution in [2.24, 2.45) is 10.8 Å². The molecule has 4 heteroatoms. The molecule has 1 saturated carbocycles. The fourth-order valence-corrected chi connectivity index (χ4v) is 3.16. The quantitative estimate of drug-likeness (QED) is 0.532. The molecule has 78 valence electrons. The molecule has 2 rings (SSSR count). The summed E-state index contributed by atoms with van der Waals surface area (Å²) in [5.74, 6) is -0.254. The van der Waals surface area contributed by atoms with Gasteiger partial charge in [-0.2, -0.15) is 0 Å². The monoisotopic (exact) mass is 214 g/mol. The Morgan fingerprint density at radius 2 is 1.93 bits per heavy atom. The highest BCUT2D eigenvalue weighted by Crippen LogP contribution is 2.65. The summed E-state index contributed by atoms with van der Waals surface area (Å²) in [4.78, 5) is 23.2. The minimum atomic E-state index is -0.984. The van der Waals surface area contributed by atoms with Crippen molar-refractivity contribution in [3.8, 4) is 0 Å². The van der Waals surface area contributed by atoms with Gasteiger partial charge < -0.3 is 4.74 Å². The Labute approximate surface area is 88.6 Å². The first-order valence-electron chi connectivity index (χ1n) is 4.75. The first kappa shape index (κ1) is 10.0. The zero-order valence-electron chi connectivity index (χ0n) is 8.59. The van der Waals surface area contributed by atoms with E-state index in [2.05, 4.69) is 12.6 Å². The van der Waals surface area contributed by atoms with Crippen molar-refractivity contribution in [2.45, 2.75) is 39.2 Å². The molecule has 2 aliphatic rings. The predicted octanol–water partition coefficient (Wildman–Crippen LogP) is 1.56. The number of hydrogen-bond donors (Lipinski definition) is 1. The van der Waals surface area contributed by atoms with Crippen LogP contribution in [0.1, 0.15) is 33.6 Å². The van der Waals surface area contributed by atoms with Gasteiger partial charge in [0.2, 0.25) is 5.12 Å². The minimum absolute atomic E-state index is 0.254. The second kappa shape index (κ2) is 2.35. The van der Waals surface area contributed by atoms with Gasteiger partial charge in [-0.25, -0.2) is 0 Å². The van der Waals surface area contributed by atoms with Crippen LogP contribution in [0, 0.1) is 10.8 Å². The Morgan fingerprint density at radius 3 is 2.14 bits per heavy atom. The molecule has 0 amide bonds. The topological polar surface area (TPSA) is 43.4 Å². The first-order chi connectivity index (χ1) is 6.28. The van der Waals surface area contributed by atoms with E-state index in [9.17, 15) is 9.59 Å². The van der Waals surface area contributed by atoms with E-state index in [0.29, 0.717) is 12.8 Å². The molecule has 3 nitrogen and oxygen atoms in total. The third kappa shape index (κ3) is 0.734. The predicted molar refractivity (Wildman–Crippen MR) is 53.9 cm³/mol. The van der Waals surface area contributed by atoms with Gasteiger partial charge in [-0.05, 0) is 19.8 Å². The number of esters is 1. The second-order valence-electron chi connectivity index (χ2n) is 4.98. The molecule has 0 spiro atoms. The Hall–Kier alpha value is -0.510. The van der Waals surface area contributed by atoms with Crippen LogP contribution in [0.2, 0.25) is 0 Å². The lowest BCUT2D eigenvalue weighted by Crippen LogP contribution is -2.45. The summed E-state index contributed by atoms with van der Waals surface area (Å²) in [6.45, 7) is 5.71. The molecule has 2 bridgehead atoms. The summed E-state index contributed by atoms with van der Waals surface area (Å²) in [5, 5.41) is -0.322. The van der Waals surface area contributed by atoms with E-state index in [1.165, 1.54) is 0 Å². The molecule has 0 radical (unpaired) electrons. The number of hydrogen-bond acceptors (Lipinski definition) is 3. The molecular formula is C10H14O3S. The van der Waals surface area contributed by atoms with Gasteiger partial charge in [-0.1, -0.05) is 13.8 Å². The van der Waals surface area contributed by atoms with E-state index < -0.39 is 16.4 Å². The van der Waals surface area contributed by atoms with Crippen LogP contribution < -0.4 is 0 Å². The summed E-state index contributed by atoms with van der Waals surface area (Å²) >= 11 is 3.86. The highest BCUT2D eigenvalue weighted by Gasteiger charge is 2.74. The van der Waals surface area contributed by atoms with Gasteiger partial charge in [-0.3, -0.25) is 9.59 Å². The number of carbonyl (C=O) groups excluding carboxylic acids is 2. The fourth-order valence-electron chi connectivity index (χ4n) is 2.72. The van der Waals surface area contributed by atoms with Crippen molar-refractivity contribution >= 4 is 23.7 Å². The summed E-state index contributed by atoms with van der Waals surface area (Å²) in [5.41, 5.74) is -1.96. The van der Waals surface area contributed by atoms with Crippen molar-refractivity contribution < 1.29 is 14.3 Å². The molecule has 1 aliphatic carbocycles. The van der Waals surface area contributed by atoms with Gasteiger partial charge in [0.25, 0.3) is 0 Å². The number of fused-ring (bicyclic) bond motifs is 2. The lowest BCUT2D eigenvalue weighted by Gasteiger charge is -2.33. The highest BCUT2D eigenvalue weighted by molar-refractivity contribution is 7.96. The highest BCUT2D eigenvalue weighted by atomic mass is 32.1. The Balaban J connectivity index is 2.60. The second-order valence-corrected chi connectivity index (χ2v) is 5.38. The standard InChI is InChI=1S/C10H14O3S/c1-8(2)9(3)4-5-10(8,7(12)14)13-6(9)11/h4-5H2,1-3H3,(H,12,14)/t9-,10-/m0/s1. The maximum atomic E-state index is 11.7. The number of ether oxygens (including phenoxy) is 1. The normalized spacial score (nSPS) is 43.9. The molecule has 0 aromatic carbocycles. The molecule has 0 unspecified atom stereocenters. The van der Waals surface area contributed by atoms with Crippen LogP contribution in [0.3, 0.4) is 0 Å².